The van der Waals surface area contributed by atoms with Crippen LogP contribution in [0.4, 0.5) is 0 Å². The second-order valence-electron chi connectivity index (χ2n) is 5.18. The van der Waals surface area contributed by atoms with E-state index in [2.05, 4.69) is 11.2 Å². The molecular weight excluding hydrogens is 240 g/mol. The Morgan fingerprint density at radius 1 is 1.42 bits per heavy atom. The van der Waals surface area contributed by atoms with Crippen LogP contribution in [0.25, 0.3) is 0 Å². The van der Waals surface area contributed by atoms with E-state index in [1.807, 2.05) is 20.8 Å². The van der Waals surface area contributed by atoms with Crippen LogP contribution in [0.1, 0.15) is 46.5 Å². The molecule has 1 aliphatic heterocycles. The number of nitrogens with zero attached hydrogens (tertiary/aromatic N) is 1. The van der Waals surface area contributed by atoms with Gasteiger partial charge in [0.1, 0.15) is 6.04 Å². The second kappa shape index (κ2) is 7.18. The van der Waals surface area contributed by atoms with E-state index in [4.69, 9.17) is 6.42 Å². The van der Waals surface area contributed by atoms with Gasteiger partial charge >= 0.3 is 0 Å². The molecule has 1 aliphatic rings. The summed E-state index contributed by atoms with van der Waals surface area (Å²) in [5, 5.41) is 2.85. The lowest BCUT2D eigenvalue weighted by Gasteiger charge is -2.32. The van der Waals surface area contributed by atoms with Crippen LogP contribution in [0.2, 0.25) is 0 Å². The Morgan fingerprint density at radius 3 is 2.63 bits per heavy atom. The van der Waals surface area contributed by atoms with Gasteiger partial charge in [0.05, 0.1) is 0 Å². The minimum absolute atomic E-state index is 0.0160. The monoisotopic (exact) mass is 264 g/mol. The van der Waals surface area contributed by atoms with Crippen LogP contribution in [0, 0.1) is 18.3 Å². The summed E-state index contributed by atoms with van der Waals surface area (Å²) in [5.74, 6) is 2.74. The minimum Gasteiger partial charge on any atom is -0.344 e. The first-order valence-corrected chi connectivity index (χ1v) is 7.08. The normalized spacial score (nSPS) is 23.3. The number of nitrogens with one attached hydrogen (secondary N) is 1. The Labute approximate surface area is 115 Å². The lowest BCUT2D eigenvalue weighted by Crippen LogP contribution is -2.51. The molecule has 1 rings (SSSR count). The maximum absolute atomic E-state index is 12.6. The van der Waals surface area contributed by atoms with Crippen molar-refractivity contribution in [1.29, 1.82) is 0 Å². The van der Waals surface area contributed by atoms with Crippen molar-refractivity contribution >= 4 is 11.8 Å². The van der Waals surface area contributed by atoms with Gasteiger partial charge < -0.3 is 10.2 Å². The largest absolute Gasteiger partial charge is 0.344 e. The van der Waals surface area contributed by atoms with Gasteiger partial charge in [-0.25, -0.2) is 0 Å². The van der Waals surface area contributed by atoms with Crippen molar-refractivity contribution in [3.8, 4) is 12.3 Å². The third-order valence-electron chi connectivity index (χ3n) is 3.92. The number of carbonyl (C=O) groups excluding carboxylic acids is 2. The molecule has 0 aromatic carbocycles. The summed E-state index contributed by atoms with van der Waals surface area (Å²) in [6.07, 6.45) is 7.95. The predicted octanol–water partition coefficient (Wildman–Crippen LogP) is 1.55. The molecule has 0 aliphatic carbocycles. The smallest absolute Gasteiger partial charge is 0.245 e. The molecule has 0 spiro atoms. The van der Waals surface area contributed by atoms with Gasteiger partial charge in [0.25, 0.3) is 0 Å². The highest BCUT2D eigenvalue weighted by Crippen LogP contribution is 2.18. The van der Waals surface area contributed by atoms with Crippen molar-refractivity contribution in [1.82, 2.24) is 10.2 Å². The quantitative estimate of drug-likeness (QED) is 0.766. The molecule has 1 saturated heterocycles. The average Bonchev–Trinajstić information content (AvgIpc) is 2.55. The van der Waals surface area contributed by atoms with Gasteiger partial charge in [-0.2, -0.15) is 0 Å². The van der Waals surface area contributed by atoms with Gasteiger partial charge in [0.2, 0.25) is 11.8 Å². The number of carbonyl (C=O) groups is 2. The van der Waals surface area contributed by atoms with Crippen LogP contribution in [-0.2, 0) is 9.59 Å². The molecular formula is C15H24N2O2. The summed E-state index contributed by atoms with van der Waals surface area (Å²) in [6.45, 7) is 6.51. The van der Waals surface area contributed by atoms with E-state index >= 15 is 0 Å². The van der Waals surface area contributed by atoms with Crippen LogP contribution >= 0.6 is 0 Å². The molecule has 4 heteroatoms. The number of terminal acetylenes is 1. The van der Waals surface area contributed by atoms with Crippen molar-refractivity contribution in [3.63, 3.8) is 0 Å². The first kappa shape index (κ1) is 15.6. The first-order chi connectivity index (χ1) is 9.04. The van der Waals surface area contributed by atoms with E-state index < -0.39 is 6.04 Å². The Morgan fingerprint density at radius 2 is 2.11 bits per heavy atom. The highest BCUT2D eigenvalue weighted by atomic mass is 16.2. The van der Waals surface area contributed by atoms with Crippen molar-refractivity contribution in [2.24, 2.45) is 5.92 Å². The molecule has 3 unspecified atom stereocenters. The highest BCUT2D eigenvalue weighted by Gasteiger charge is 2.35. The van der Waals surface area contributed by atoms with Gasteiger partial charge in [0.15, 0.2) is 0 Å². The summed E-state index contributed by atoms with van der Waals surface area (Å²) in [6, 6.07) is -0.372. The van der Waals surface area contributed by atoms with Gasteiger partial charge in [-0.1, -0.05) is 27.2 Å². The predicted molar refractivity (Wildman–Crippen MR) is 75.2 cm³/mol. The molecule has 1 heterocycles. The Balaban J connectivity index is 2.95. The fourth-order valence-electron chi connectivity index (χ4n) is 2.41. The topological polar surface area (TPSA) is 49.4 Å². The molecule has 106 valence electrons. The number of hydrogen-bond acceptors (Lipinski definition) is 2. The molecule has 1 N–H and O–H groups in total. The summed E-state index contributed by atoms with van der Waals surface area (Å²) >= 11 is 0. The van der Waals surface area contributed by atoms with E-state index in [0.29, 0.717) is 19.4 Å². The van der Waals surface area contributed by atoms with E-state index in [-0.39, 0.29) is 23.8 Å². The molecule has 3 atom stereocenters. The first-order valence-electron chi connectivity index (χ1n) is 7.08. The number of amides is 2. The molecule has 2 amide bonds. The van der Waals surface area contributed by atoms with Gasteiger partial charge in [0, 0.05) is 25.4 Å². The average molecular weight is 264 g/mol. The molecule has 0 saturated carbocycles. The third kappa shape index (κ3) is 3.73. The molecule has 0 aromatic heterocycles. The molecule has 4 nitrogen and oxygen atoms in total. The van der Waals surface area contributed by atoms with Crippen molar-refractivity contribution < 1.29 is 9.59 Å². The maximum Gasteiger partial charge on any atom is 0.245 e. The molecule has 1 fully saturated rings. The molecule has 0 aromatic rings. The molecule has 0 bridgehead atoms. The number of hydrogen-bond donors (Lipinski definition) is 1. The standard InChI is InChI=1S/C15H24N2O2/c1-5-8-12(7-3)17-10-9-13(18)16-14(15(17)19)11(4)6-2/h1,11-12,14H,6-10H2,2-4H3,(H,16,18). The number of rotatable bonds is 5. The summed E-state index contributed by atoms with van der Waals surface area (Å²) in [5.41, 5.74) is 0. The van der Waals surface area contributed by atoms with Crippen molar-refractivity contribution in [3.05, 3.63) is 0 Å². The van der Waals surface area contributed by atoms with Crippen LogP contribution in [0.3, 0.4) is 0 Å². The summed E-state index contributed by atoms with van der Waals surface area (Å²) < 4.78 is 0. The van der Waals surface area contributed by atoms with Gasteiger partial charge in [-0.05, 0) is 12.3 Å². The zero-order valence-electron chi connectivity index (χ0n) is 12.1. The van der Waals surface area contributed by atoms with Crippen molar-refractivity contribution in [2.45, 2.75) is 58.5 Å². The van der Waals surface area contributed by atoms with Crippen molar-refractivity contribution in [2.75, 3.05) is 6.54 Å². The van der Waals surface area contributed by atoms with E-state index in [1.54, 1.807) is 4.90 Å². The lowest BCUT2D eigenvalue weighted by molar-refractivity contribution is -0.137. The van der Waals surface area contributed by atoms with Crippen LogP contribution < -0.4 is 5.32 Å². The lowest BCUT2D eigenvalue weighted by atomic mass is 9.97. The van der Waals surface area contributed by atoms with E-state index in [9.17, 15) is 9.59 Å². The zero-order chi connectivity index (χ0) is 14.4. The Hall–Kier alpha value is -1.50. The molecule has 0 radical (unpaired) electrons. The van der Waals surface area contributed by atoms with Gasteiger partial charge in [-0.15, -0.1) is 12.3 Å². The third-order valence-corrected chi connectivity index (χ3v) is 3.92. The maximum atomic E-state index is 12.6. The Bertz CT molecular complexity index is 373. The van der Waals surface area contributed by atoms with E-state index in [1.165, 1.54) is 0 Å². The van der Waals surface area contributed by atoms with Crippen LogP contribution in [0.15, 0.2) is 0 Å². The minimum atomic E-state index is -0.410. The second-order valence-corrected chi connectivity index (χ2v) is 5.18. The van der Waals surface area contributed by atoms with Gasteiger partial charge in [-0.3, -0.25) is 9.59 Å². The fourth-order valence-corrected chi connectivity index (χ4v) is 2.41. The highest BCUT2D eigenvalue weighted by molar-refractivity contribution is 5.90. The molecule has 19 heavy (non-hydrogen) atoms. The Kier molecular flexibility index (Phi) is 5.88. The van der Waals surface area contributed by atoms with Crippen LogP contribution in [0.5, 0.6) is 0 Å². The van der Waals surface area contributed by atoms with E-state index in [0.717, 1.165) is 12.8 Å². The zero-order valence-corrected chi connectivity index (χ0v) is 12.1. The SMILES string of the molecule is C#CCC(CC)N1CCC(=O)NC(C(C)CC)C1=O. The summed E-state index contributed by atoms with van der Waals surface area (Å²) in [4.78, 5) is 26.2. The fraction of sp³-hybridized carbons (Fsp3) is 0.733. The summed E-state index contributed by atoms with van der Waals surface area (Å²) in [7, 11) is 0. The van der Waals surface area contributed by atoms with Crippen LogP contribution in [-0.4, -0.2) is 35.3 Å².